The van der Waals surface area contributed by atoms with Crippen LogP contribution in [0, 0.1) is 10.1 Å². The normalized spacial score (nSPS) is 10.2. The Balaban J connectivity index is 2.39. The number of nitro benzene ring substituents is 1. The van der Waals surface area contributed by atoms with E-state index in [4.69, 9.17) is 21.1 Å². The van der Waals surface area contributed by atoms with Crippen molar-refractivity contribution in [2.45, 2.75) is 5.88 Å². The van der Waals surface area contributed by atoms with Gasteiger partial charge in [0.1, 0.15) is 5.75 Å². The number of rotatable bonds is 5. The number of alkyl halides is 1. The summed E-state index contributed by atoms with van der Waals surface area (Å²) in [6, 6.07) is 9.64. The Hall–Kier alpha value is -1.79. The first-order valence-electron chi connectivity index (χ1n) is 5.90. The first-order valence-corrected chi connectivity index (χ1v) is 7.22. The van der Waals surface area contributed by atoms with Crippen LogP contribution in [0.25, 0.3) is 0 Å². The number of nitrogens with zero attached hydrogens (tertiary/aromatic N) is 1. The molecule has 0 amide bonds. The zero-order valence-electron chi connectivity index (χ0n) is 11.0. The molecule has 0 atom stereocenters. The highest BCUT2D eigenvalue weighted by atomic mass is 79.9. The summed E-state index contributed by atoms with van der Waals surface area (Å²) < 4.78 is 11.8. The second-order valence-electron chi connectivity index (χ2n) is 4.08. The van der Waals surface area contributed by atoms with Crippen molar-refractivity contribution < 1.29 is 14.4 Å². The Morgan fingerprint density at radius 2 is 1.95 bits per heavy atom. The second kappa shape index (κ2) is 6.78. The van der Waals surface area contributed by atoms with Gasteiger partial charge in [0.05, 0.1) is 24.0 Å². The molecule has 0 saturated carbocycles. The molecule has 0 heterocycles. The van der Waals surface area contributed by atoms with Crippen LogP contribution in [-0.4, -0.2) is 12.0 Å². The highest BCUT2D eigenvalue weighted by Gasteiger charge is 2.14. The summed E-state index contributed by atoms with van der Waals surface area (Å²) in [7, 11) is 1.43. The minimum Gasteiger partial charge on any atom is -0.493 e. The number of benzene rings is 2. The molecule has 110 valence electrons. The molecular formula is C14H11BrClNO4. The number of hydrogen-bond acceptors (Lipinski definition) is 4. The third-order valence-electron chi connectivity index (χ3n) is 2.75. The molecule has 0 fully saturated rings. The van der Waals surface area contributed by atoms with Crippen LogP contribution in [0.1, 0.15) is 5.56 Å². The first kappa shape index (κ1) is 15.6. The SMILES string of the molecule is COc1cc([N+](=O)[O-])ccc1Oc1cc(Br)ccc1CCl. The number of nitro groups is 1. The minimum atomic E-state index is -0.490. The molecule has 2 aromatic rings. The van der Waals surface area contributed by atoms with Crippen LogP contribution in [0.5, 0.6) is 17.2 Å². The average Bonchev–Trinajstić information content (AvgIpc) is 2.47. The summed E-state index contributed by atoms with van der Waals surface area (Å²) in [4.78, 5) is 10.3. The van der Waals surface area contributed by atoms with Gasteiger partial charge in [-0.05, 0) is 18.2 Å². The van der Waals surface area contributed by atoms with Crippen molar-refractivity contribution in [3.63, 3.8) is 0 Å². The lowest BCUT2D eigenvalue weighted by molar-refractivity contribution is -0.384. The number of non-ortho nitro benzene ring substituents is 1. The number of halogens is 2. The van der Waals surface area contributed by atoms with Gasteiger partial charge in [-0.2, -0.15) is 0 Å². The zero-order chi connectivity index (χ0) is 15.4. The summed E-state index contributed by atoms with van der Waals surface area (Å²) in [6.07, 6.45) is 0. The largest absolute Gasteiger partial charge is 0.493 e. The molecule has 0 unspecified atom stereocenters. The fourth-order valence-electron chi connectivity index (χ4n) is 1.71. The van der Waals surface area contributed by atoms with Crippen LogP contribution in [-0.2, 0) is 5.88 Å². The van der Waals surface area contributed by atoms with Crippen molar-refractivity contribution in [2.75, 3.05) is 7.11 Å². The van der Waals surface area contributed by atoms with Crippen LogP contribution < -0.4 is 9.47 Å². The van der Waals surface area contributed by atoms with Gasteiger partial charge in [-0.15, -0.1) is 11.6 Å². The van der Waals surface area contributed by atoms with Gasteiger partial charge in [-0.25, -0.2) is 0 Å². The molecule has 5 nitrogen and oxygen atoms in total. The van der Waals surface area contributed by atoms with E-state index in [9.17, 15) is 10.1 Å². The van der Waals surface area contributed by atoms with Gasteiger partial charge in [-0.3, -0.25) is 10.1 Å². The topological polar surface area (TPSA) is 61.6 Å². The van der Waals surface area contributed by atoms with E-state index in [1.54, 1.807) is 6.07 Å². The molecular weight excluding hydrogens is 362 g/mol. The molecule has 21 heavy (non-hydrogen) atoms. The van der Waals surface area contributed by atoms with E-state index in [-0.39, 0.29) is 17.3 Å². The van der Waals surface area contributed by atoms with Crippen molar-refractivity contribution in [3.05, 3.63) is 56.5 Å². The van der Waals surface area contributed by atoms with Gasteiger partial charge in [0.15, 0.2) is 11.5 Å². The fourth-order valence-corrected chi connectivity index (χ4v) is 2.27. The minimum absolute atomic E-state index is 0.0639. The monoisotopic (exact) mass is 371 g/mol. The van der Waals surface area contributed by atoms with Crippen LogP contribution in [0.4, 0.5) is 5.69 Å². The molecule has 0 radical (unpaired) electrons. The molecule has 0 aliphatic heterocycles. The standard InChI is InChI=1S/C14H11BrClNO4/c1-20-14-7-11(17(18)19)4-5-12(14)21-13-6-10(15)3-2-9(13)8-16/h2-7H,8H2,1H3. The lowest BCUT2D eigenvalue weighted by Crippen LogP contribution is -1.95. The Kier molecular flexibility index (Phi) is 5.03. The molecule has 0 aromatic heterocycles. The quantitative estimate of drug-likeness (QED) is 0.425. The Morgan fingerprint density at radius 1 is 1.19 bits per heavy atom. The van der Waals surface area contributed by atoms with Crippen LogP contribution in [0.2, 0.25) is 0 Å². The van der Waals surface area contributed by atoms with Crippen LogP contribution >= 0.6 is 27.5 Å². The van der Waals surface area contributed by atoms with E-state index in [1.807, 2.05) is 12.1 Å². The molecule has 0 spiro atoms. The average molecular weight is 373 g/mol. The van der Waals surface area contributed by atoms with E-state index in [0.717, 1.165) is 10.0 Å². The number of ether oxygens (including phenoxy) is 2. The molecule has 0 saturated heterocycles. The Bertz CT molecular complexity index is 678. The molecule has 0 aliphatic rings. The summed E-state index contributed by atoms with van der Waals surface area (Å²) in [5.41, 5.74) is 0.742. The molecule has 0 aliphatic carbocycles. The van der Waals surface area contributed by atoms with E-state index in [2.05, 4.69) is 15.9 Å². The maximum Gasteiger partial charge on any atom is 0.273 e. The summed E-state index contributed by atoms with van der Waals surface area (Å²) in [6.45, 7) is 0. The van der Waals surface area contributed by atoms with Gasteiger partial charge in [0, 0.05) is 16.1 Å². The van der Waals surface area contributed by atoms with Crippen molar-refractivity contribution in [1.82, 2.24) is 0 Å². The Morgan fingerprint density at radius 3 is 2.57 bits per heavy atom. The zero-order valence-corrected chi connectivity index (χ0v) is 13.3. The third-order valence-corrected chi connectivity index (χ3v) is 3.53. The lowest BCUT2D eigenvalue weighted by Gasteiger charge is -2.13. The fraction of sp³-hybridized carbons (Fsp3) is 0.143. The van der Waals surface area contributed by atoms with E-state index in [0.29, 0.717) is 11.5 Å². The first-order chi connectivity index (χ1) is 10.0. The van der Waals surface area contributed by atoms with Crippen molar-refractivity contribution in [1.29, 1.82) is 0 Å². The van der Waals surface area contributed by atoms with E-state index >= 15 is 0 Å². The van der Waals surface area contributed by atoms with Gasteiger partial charge >= 0.3 is 0 Å². The predicted octanol–water partition coefficient (Wildman–Crippen LogP) is 4.90. The molecule has 2 aromatic carbocycles. The van der Waals surface area contributed by atoms with Gasteiger partial charge in [-0.1, -0.05) is 22.0 Å². The van der Waals surface area contributed by atoms with Crippen molar-refractivity contribution in [3.8, 4) is 17.2 Å². The van der Waals surface area contributed by atoms with Gasteiger partial charge in [0.25, 0.3) is 5.69 Å². The van der Waals surface area contributed by atoms with E-state index in [1.165, 1.54) is 25.3 Å². The van der Waals surface area contributed by atoms with Crippen molar-refractivity contribution in [2.24, 2.45) is 0 Å². The van der Waals surface area contributed by atoms with Crippen LogP contribution in [0.15, 0.2) is 40.9 Å². The molecule has 0 N–H and O–H groups in total. The number of methoxy groups -OCH3 is 1. The predicted molar refractivity (Wildman–Crippen MR) is 83.4 cm³/mol. The Labute approximate surface area is 134 Å². The maximum atomic E-state index is 10.8. The van der Waals surface area contributed by atoms with Gasteiger partial charge < -0.3 is 9.47 Å². The summed E-state index contributed by atoms with van der Waals surface area (Å²) in [5, 5.41) is 10.8. The second-order valence-corrected chi connectivity index (χ2v) is 5.26. The molecule has 2 rings (SSSR count). The highest BCUT2D eigenvalue weighted by Crippen LogP contribution is 2.37. The van der Waals surface area contributed by atoms with Gasteiger partial charge in [0.2, 0.25) is 0 Å². The summed E-state index contributed by atoms with van der Waals surface area (Å²) >= 11 is 9.24. The summed E-state index contributed by atoms with van der Waals surface area (Å²) in [5.74, 6) is 1.52. The molecule has 7 heteroatoms. The number of hydrogen-bond donors (Lipinski definition) is 0. The maximum absolute atomic E-state index is 10.8. The van der Waals surface area contributed by atoms with Crippen LogP contribution in [0.3, 0.4) is 0 Å². The molecule has 0 bridgehead atoms. The van der Waals surface area contributed by atoms with Crippen molar-refractivity contribution >= 4 is 33.2 Å². The third kappa shape index (κ3) is 3.65. The highest BCUT2D eigenvalue weighted by molar-refractivity contribution is 9.10. The lowest BCUT2D eigenvalue weighted by atomic mass is 10.2. The van der Waals surface area contributed by atoms with E-state index < -0.39 is 4.92 Å². The smallest absolute Gasteiger partial charge is 0.273 e.